The van der Waals surface area contributed by atoms with E-state index in [1.165, 1.54) is 0 Å². The molecule has 0 saturated carbocycles. The van der Waals surface area contributed by atoms with Crippen LogP contribution in [-0.2, 0) is 48.0 Å². The van der Waals surface area contributed by atoms with E-state index in [9.17, 15) is 19.2 Å². The van der Waals surface area contributed by atoms with Crippen LogP contribution in [0.4, 0.5) is 19.2 Å². The van der Waals surface area contributed by atoms with E-state index >= 15 is 0 Å². The quantitative estimate of drug-likeness (QED) is 0.0458. The zero-order valence-electron chi connectivity index (χ0n) is 26.2. The summed E-state index contributed by atoms with van der Waals surface area (Å²) < 4.78 is 28.7. The zero-order valence-corrected chi connectivity index (χ0v) is 26.2. The van der Waals surface area contributed by atoms with Crippen LogP contribution >= 0.6 is 0 Å². The highest BCUT2D eigenvalue weighted by atomic mass is 17.3. The zero-order chi connectivity index (χ0) is 31.8. The molecule has 42 heavy (non-hydrogen) atoms. The van der Waals surface area contributed by atoms with E-state index in [0.29, 0.717) is 25.0 Å². The summed E-state index contributed by atoms with van der Waals surface area (Å²) in [4.78, 5) is 61.1. The lowest BCUT2D eigenvalue weighted by molar-refractivity contribution is -0.219. The molecular weight excluding hydrogens is 560 g/mol. The van der Waals surface area contributed by atoms with Gasteiger partial charge in [-0.25, -0.2) is 0 Å². The predicted molar refractivity (Wildman–Crippen MR) is 149 cm³/mol. The molecule has 2 unspecified atom stereocenters. The Bertz CT molecular complexity index is 617. The van der Waals surface area contributed by atoms with Crippen LogP contribution in [0, 0.1) is 11.8 Å². The third-order valence-electron chi connectivity index (χ3n) is 5.62. The van der Waals surface area contributed by atoms with Gasteiger partial charge in [0, 0.05) is 13.2 Å². The van der Waals surface area contributed by atoms with E-state index in [4.69, 9.17) is 18.9 Å². The molecule has 14 nitrogen and oxygen atoms in total. The summed E-state index contributed by atoms with van der Waals surface area (Å²) in [7, 11) is 0. The first-order valence-corrected chi connectivity index (χ1v) is 14.8. The fourth-order valence-electron chi connectivity index (χ4n) is 3.06. The van der Waals surface area contributed by atoms with Crippen molar-refractivity contribution in [3.8, 4) is 0 Å². The van der Waals surface area contributed by atoms with Crippen LogP contribution in [0.3, 0.4) is 0 Å². The van der Waals surface area contributed by atoms with Gasteiger partial charge < -0.3 is 28.4 Å². The second kappa shape index (κ2) is 30.9. The molecule has 0 aliphatic heterocycles. The van der Waals surface area contributed by atoms with Crippen molar-refractivity contribution in [2.45, 2.75) is 92.9 Å². The molecule has 0 radical (unpaired) electrons. The average Bonchev–Trinajstić information content (AvgIpc) is 2.99. The molecule has 0 heterocycles. The molecule has 0 fully saturated rings. The normalized spacial score (nSPS) is 11.6. The smallest absolute Gasteiger partial charge is 0.431 e. The molecule has 0 N–H and O–H groups in total. The van der Waals surface area contributed by atoms with Gasteiger partial charge in [-0.2, -0.15) is 38.7 Å². The SMILES string of the molecule is CCCCC(CC)COC(=O)OOC(=O)OCC(CC)CCCC.CCOCCOC(=O)OOC(=O)OCCOCC. The molecule has 0 rings (SSSR count). The highest BCUT2D eigenvalue weighted by Crippen LogP contribution is 2.14. The highest BCUT2D eigenvalue weighted by Gasteiger charge is 2.16. The van der Waals surface area contributed by atoms with Crippen LogP contribution in [0.5, 0.6) is 0 Å². The van der Waals surface area contributed by atoms with Crippen molar-refractivity contribution < 1.29 is 67.1 Å². The first-order valence-electron chi connectivity index (χ1n) is 14.8. The van der Waals surface area contributed by atoms with Crippen molar-refractivity contribution in [1.29, 1.82) is 0 Å². The van der Waals surface area contributed by atoms with Gasteiger partial charge in [0.05, 0.1) is 26.4 Å². The van der Waals surface area contributed by atoms with Gasteiger partial charge in [0.1, 0.15) is 13.2 Å². The van der Waals surface area contributed by atoms with Crippen LogP contribution in [0.1, 0.15) is 92.9 Å². The van der Waals surface area contributed by atoms with Crippen LogP contribution in [0.2, 0.25) is 0 Å². The molecule has 0 aromatic carbocycles. The maximum absolute atomic E-state index is 11.4. The molecule has 0 aliphatic rings. The summed E-state index contributed by atoms with van der Waals surface area (Å²) in [5.41, 5.74) is 0. The third kappa shape index (κ3) is 28.5. The van der Waals surface area contributed by atoms with E-state index < -0.39 is 24.6 Å². The number of carbonyl (C=O) groups excluding carboxylic acids is 4. The van der Waals surface area contributed by atoms with Gasteiger partial charge in [-0.15, -0.1) is 0 Å². The van der Waals surface area contributed by atoms with E-state index in [1.807, 2.05) is 13.8 Å². The Labute approximate surface area is 249 Å². The Morgan fingerprint density at radius 3 is 1.10 bits per heavy atom. The summed E-state index contributed by atoms with van der Waals surface area (Å²) in [5.74, 6) is 0.599. The van der Waals surface area contributed by atoms with Crippen molar-refractivity contribution in [2.24, 2.45) is 11.8 Å². The Morgan fingerprint density at radius 2 is 0.810 bits per heavy atom. The van der Waals surface area contributed by atoms with Gasteiger partial charge in [-0.05, 0) is 38.5 Å². The minimum absolute atomic E-state index is 0.00935. The molecule has 0 aliphatic carbocycles. The molecule has 248 valence electrons. The Kier molecular flexibility index (Phi) is 30.3. The summed E-state index contributed by atoms with van der Waals surface area (Å²) in [6.07, 6.45) is 3.93. The molecule has 2 atom stereocenters. The third-order valence-corrected chi connectivity index (χ3v) is 5.62. The minimum atomic E-state index is -1.14. The fourth-order valence-corrected chi connectivity index (χ4v) is 3.06. The van der Waals surface area contributed by atoms with Gasteiger partial charge in [-0.3, -0.25) is 0 Å². The molecule has 14 heteroatoms. The summed E-state index contributed by atoms with van der Waals surface area (Å²) >= 11 is 0. The summed E-state index contributed by atoms with van der Waals surface area (Å²) in [6, 6.07) is 0. The molecule has 0 aromatic heterocycles. The van der Waals surface area contributed by atoms with E-state index in [1.54, 1.807) is 13.8 Å². The lowest BCUT2D eigenvalue weighted by Gasteiger charge is -2.14. The van der Waals surface area contributed by atoms with E-state index in [2.05, 4.69) is 42.9 Å². The monoisotopic (exact) mass is 612 g/mol. The second-order valence-electron chi connectivity index (χ2n) is 8.88. The van der Waals surface area contributed by atoms with Gasteiger partial charge in [0.2, 0.25) is 0 Å². The highest BCUT2D eigenvalue weighted by molar-refractivity contribution is 5.64. The van der Waals surface area contributed by atoms with Crippen LogP contribution in [0.25, 0.3) is 0 Å². The van der Waals surface area contributed by atoms with E-state index in [0.717, 1.165) is 51.4 Å². The predicted octanol–water partition coefficient (Wildman–Crippen LogP) is 6.92. The molecule has 0 amide bonds. The first-order chi connectivity index (χ1) is 20.3. The first kappa shape index (κ1) is 41.1. The van der Waals surface area contributed by atoms with Gasteiger partial charge >= 0.3 is 24.6 Å². The van der Waals surface area contributed by atoms with Gasteiger partial charge in [0.25, 0.3) is 0 Å². The Morgan fingerprint density at radius 1 is 0.476 bits per heavy atom. The number of ether oxygens (including phenoxy) is 6. The van der Waals surface area contributed by atoms with Crippen molar-refractivity contribution in [3.05, 3.63) is 0 Å². The topological polar surface area (TPSA) is 161 Å². The molecule has 0 aromatic rings. The summed E-state index contributed by atoms with van der Waals surface area (Å²) in [5, 5.41) is 0. The number of rotatable bonds is 20. The number of carbonyl (C=O) groups is 4. The second-order valence-corrected chi connectivity index (χ2v) is 8.88. The van der Waals surface area contributed by atoms with Crippen LogP contribution in [0.15, 0.2) is 0 Å². The largest absolute Gasteiger partial charge is 0.550 e. The lowest BCUT2D eigenvalue weighted by atomic mass is 10.0. The number of hydrogen-bond acceptors (Lipinski definition) is 14. The lowest BCUT2D eigenvalue weighted by Crippen LogP contribution is -2.19. The van der Waals surface area contributed by atoms with Crippen molar-refractivity contribution >= 4 is 24.6 Å². The number of hydrogen-bond donors (Lipinski definition) is 0. The molecule has 0 bridgehead atoms. The maximum atomic E-state index is 11.4. The summed E-state index contributed by atoms with van der Waals surface area (Å²) in [6.45, 7) is 14.0. The molecular formula is C28H52O14. The number of unbranched alkanes of at least 4 members (excludes halogenated alkanes) is 2. The Hall–Kier alpha value is -3.00. The fraction of sp³-hybridized carbons (Fsp3) is 0.857. The molecule has 0 spiro atoms. The van der Waals surface area contributed by atoms with Gasteiger partial charge in [0.15, 0.2) is 0 Å². The molecule has 0 saturated heterocycles. The minimum Gasteiger partial charge on any atom is -0.431 e. The maximum Gasteiger partial charge on any atom is 0.550 e. The standard InChI is InChI=1S/C18H34O6.C10H18O8/c1-5-9-11-15(7-3)13-21-17(19)23-24-18(20)22-14-16(8-4)12-10-6-2;1-3-13-5-7-15-9(11)17-18-10(12)16-8-6-14-4-2/h15-16H,5-14H2,1-4H3;3-8H2,1-2H3. The van der Waals surface area contributed by atoms with E-state index in [-0.39, 0.29) is 39.6 Å². The van der Waals surface area contributed by atoms with Crippen molar-refractivity contribution in [3.63, 3.8) is 0 Å². The van der Waals surface area contributed by atoms with Crippen molar-refractivity contribution in [1.82, 2.24) is 0 Å². The van der Waals surface area contributed by atoms with Crippen LogP contribution < -0.4 is 0 Å². The Balaban J connectivity index is 0. The average molecular weight is 613 g/mol. The van der Waals surface area contributed by atoms with Gasteiger partial charge in [-0.1, -0.05) is 66.2 Å². The van der Waals surface area contributed by atoms with Crippen LogP contribution in [-0.4, -0.2) is 77.5 Å². The van der Waals surface area contributed by atoms with Crippen molar-refractivity contribution in [2.75, 3.05) is 52.9 Å².